The monoisotopic (exact) mass is 448 g/mol. The van der Waals surface area contributed by atoms with Crippen molar-refractivity contribution in [3.63, 3.8) is 0 Å². The average molecular weight is 449 g/mol. The van der Waals surface area contributed by atoms with E-state index >= 15 is 0 Å². The second-order valence-corrected chi connectivity index (χ2v) is 7.27. The molecule has 0 radical (unpaired) electrons. The number of carbonyl (C=O) groups is 2. The van der Waals surface area contributed by atoms with Crippen LogP contribution in [0.1, 0.15) is 16.1 Å². The first-order chi connectivity index (χ1) is 13.0. The number of amides is 1. The molecule has 1 aromatic heterocycles. The van der Waals surface area contributed by atoms with E-state index in [4.69, 9.17) is 4.74 Å². The SMILES string of the molecule is O=C(CNC(=O)c1ccc(Br)cc1)OCc1csc(-c2ccc(F)cc2)n1. The normalized spacial score (nSPS) is 10.4. The van der Waals surface area contributed by atoms with Crippen LogP contribution in [0.2, 0.25) is 0 Å². The van der Waals surface area contributed by atoms with E-state index in [0.29, 0.717) is 16.3 Å². The lowest BCUT2D eigenvalue weighted by atomic mass is 10.2. The summed E-state index contributed by atoms with van der Waals surface area (Å²) in [6, 6.07) is 12.8. The van der Waals surface area contributed by atoms with E-state index in [2.05, 4.69) is 26.2 Å². The lowest BCUT2D eigenvalue weighted by Crippen LogP contribution is -2.30. The fraction of sp³-hybridized carbons (Fsp3) is 0.105. The van der Waals surface area contributed by atoms with E-state index in [1.807, 2.05) is 0 Å². The summed E-state index contributed by atoms with van der Waals surface area (Å²) in [5, 5.41) is 4.99. The summed E-state index contributed by atoms with van der Waals surface area (Å²) in [5.41, 5.74) is 1.84. The summed E-state index contributed by atoms with van der Waals surface area (Å²) in [6.07, 6.45) is 0. The highest BCUT2D eigenvalue weighted by Crippen LogP contribution is 2.24. The summed E-state index contributed by atoms with van der Waals surface area (Å²) in [7, 11) is 0. The Labute approximate surface area is 167 Å². The molecular formula is C19H14BrFN2O3S. The Bertz CT molecular complexity index is 942. The highest BCUT2D eigenvalue weighted by Gasteiger charge is 2.11. The van der Waals surface area contributed by atoms with E-state index in [1.54, 1.807) is 41.8 Å². The van der Waals surface area contributed by atoms with Gasteiger partial charge in [-0.05, 0) is 48.5 Å². The lowest BCUT2D eigenvalue weighted by Gasteiger charge is -2.05. The van der Waals surface area contributed by atoms with Crippen molar-refractivity contribution in [2.75, 3.05) is 6.54 Å². The summed E-state index contributed by atoms with van der Waals surface area (Å²) in [4.78, 5) is 28.1. The van der Waals surface area contributed by atoms with Gasteiger partial charge in [0.05, 0.1) is 5.69 Å². The Morgan fingerprint density at radius 2 is 1.81 bits per heavy atom. The van der Waals surface area contributed by atoms with Crippen molar-refractivity contribution in [2.45, 2.75) is 6.61 Å². The lowest BCUT2D eigenvalue weighted by molar-refractivity contribution is -0.143. The van der Waals surface area contributed by atoms with E-state index in [0.717, 1.165) is 10.0 Å². The van der Waals surface area contributed by atoms with Gasteiger partial charge in [0.1, 0.15) is 24.0 Å². The van der Waals surface area contributed by atoms with Crippen molar-refractivity contribution < 1.29 is 18.7 Å². The van der Waals surface area contributed by atoms with Gasteiger partial charge in [-0.1, -0.05) is 15.9 Å². The van der Waals surface area contributed by atoms with Gasteiger partial charge in [-0.25, -0.2) is 9.37 Å². The topological polar surface area (TPSA) is 68.3 Å². The van der Waals surface area contributed by atoms with Gasteiger partial charge in [0, 0.05) is 21.0 Å². The number of ether oxygens (including phenoxy) is 1. The molecule has 27 heavy (non-hydrogen) atoms. The zero-order valence-corrected chi connectivity index (χ0v) is 16.3. The van der Waals surface area contributed by atoms with Crippen LogP contribution < -0.4 is 5.32 Å². The Kier molecular flexibility index (Phi) is 6.31. The number of rotatable bonds is 6. The maximum absolute atomic E-state index is 13.0. The summed E-state index contributed by atoms with van der Waals surface area (Å²) in [6.45, 7) is -0.228. The summed E-state index contributed by atoms with van der Waals surface area (Å²) < 4.78 is 19.0. The van der Waals surface area contributed by atoms with Crippen LogP contribution in [0.5, 0.6) is 0 Å². The van der Waals surface area contributed by atoms with Crippen LogP contribution in [-0.2, 0) is 16.1 Å². The van der Waals surface area contributed by atoms with Gasteiger partial charge in [-0.3, -0.25) is 9.59 Å². The number of hydrogen-bond acceptors (Lipinski definition) is 5. The van der Waals surface area contributed by atoms with E-state index in [1.165, 1.54) is 23.5 Å². The Morgan fingerprint density at radius 1 is 1.11 bits per heavy atom. The Balaban J connectivity index is 1.47. The molecule has 5 nitrogen and oxygen atoms in total. The minimum Gasteiger partial charge on any atom is -0.458 e. The molecule has 0 bridgehead atoms. The molecule has 0 fully saturated rings. The van der Waals surface area contributed by atoms with Crippen LogP contribution in [0.3, 0.4) is 0 Å². The standard InChI is InChI=1S/C19H14BrFN2O3S/c20-14-5-1-12(2-6-14)18(25)22-9-17(24)26-10-16-11-27-19(23-16)13-3-7-15(21)8-4-13/h1-8,11H,9-10H2,(H,22,25). The number of hydrogen-bond donors (Lipinski definition) is 1. The van der Waals surface area contributed by atoms with Gasteiger partial charge in [-0.15, -0.1) is 11.3 Å². The zero-order valence-electron chi connectivity index (χ0n) is 13.9. The molecule has 0 unspecified atom stereocenters. The molecule has 3 aromatic rings. The number of carbonyl (C=O) groups excluding carboxylic acids is 2. The molecule has 0 aliphatic carbocycles. The third-order valence-electron chi connectivity index (χ3n) is 3.52. The van der Waals surface area contributed by atoms with Gasteiger partial charge in [0.2, 0.25) is 0 Å². The third kappa shape index (κ3) is 5.45. The highest BCUT2D eigenvalue weighted by atomic mass is 79.9. The molecule has 3 rings (SSSR count). The van der Waals surface area contributed by atoms with Crippen LogP contribution in [0.4, 0.5) is 4.39 Å². The first-order valence-corrected chi connectivity index (χ1v) is 9.58. The summed E-state index contributed by atoms with van der Waals surface area (Å²) in [5.74, 6) is -1.22. The maximum Gasteiger partial charge on any atom is 0.325 e. The molecule has 138 valence electrons. The van der Waals surface area contributed by atoms with Crippen LogP contribution in [-0.4, -0.2) is 23.4 Å². The van der Waals surface area contributed by atoms with Crippen LogP contribution >= 0.6 is 27.3 Å². The molecule has 0 spiro atoms. The van der Waals surface area contributed by atoms with Crippen molar-refractivity contribution in [3.8, 4) is 10.6 Å². The molecule has 0 saturated carbocycles. The number of thiazole rings is 1. The second-order valence-electron chi connectivity index (χ2n) is 5.50. The van der Waals surface area contributed by atoms with Gasteiger partial charge in [-0.2, -0.15) is 0 Å². The van der Waals surface area contributed by atoms with Crippen molar-refractivity contribution in [1.29, 1.82) is 0 Å². The van der Waals surface area contributed by atoms with Crippen molar-refractivity contribution in [2.24, 2.45) is 0 Å². The first-order valence-electron chi connectivity index (χ1n) is 7.91. The molecule has 1 amide bonds. The minimum atomic E-state index is -0.559. The first kappa shape index (κ1) is 19.2. The second kappa shape index (κ2) is 8.88. The maximum atomic E-state index is 13.0. The molecule has 0 aliphatic rings. The quantitative estimate of drug-likeness (QED) is 0.574. The van der Waals surface area contributed by atoms with Crippen molar-refractivity contribution >= 4 is 39.1 Å². The molecule has 2 aromatic carbocycles. The Morgan fingerprint density at radius 3 is 2.52 bits per heavy atom. The number of aromatic nitrogens is 1. The fourth-order valence-electron chi connectivity index (χ4n) is 2.16. The number of nitrogens with one attached hydrogen (secondary N) is 1. The third-order valence-corrected chi connectivity index (χ3v) is 4.99. The highest BCUT2D eigenvalue weighted by molar-refractivity contribution is 9.10. The van der Waals surface area contributed by atoms with Crippen LogP contribution in [0.15, 0.2) is 58.4 Å². The molecule has 0 aliphatic heterocycles. The molecular weight excluding hydrogens is 435 g/mol. The fourth-order valence-corrected chi connectivity index (χ4v) is 3.23. The van der Waals surface area contributed by atoms with Gasteiger partial charge < -0.3 is 10.1 Å². The number of halogens is 2. The van der Waals surface area contributed by atoms with E-state index < -0.39 is 5.97 Å². The van der Waals surface area contributed by atoms with Crippen molar-refractivity contribution in [3.05, 3.63) is 75.5 Å². The summed E-state index contributed by atoms with van der Waals surface area (Å²) >= 11 is 4.67. The van der Waals surface area contributed by atoms with E-state index in [9.17, 15) is 14.0 Å². The van der Waals surface area contributed by atoms with Crippen LogP contribution in [0, 0.1) is 5.82 Å². The number of benzene rings is 2. The largest absolute Gasteiger partial charge is 0.458 e. The molecule has 1 heterocycles. The molecule has 0 atom stereocenters. The zero-order chi connectivity index (χ0) is 19.2. The molecule has 0 saturated heterocycles. The smallest absolute Gasteiger partial charge is 0.325 e. The van der Waals surface area contributed by atoms with Gasteiger partial charge in [0.15, 0.2) is 0 Å². The number of esters is 1. The predicted molar refractivity (Wildman–Crippen MR) is 104 cm³/mol. The van der Waals surface area contributed by atoms with Crippen LogP contribution in [0.25, 0.3) is 10.6 Å². The number of nitrogens with zero attached hydrogens (tertiary/aromatic N) is 1. The van der Waals surface area contributed by atoms with Crippen molar-refractivity contribution in [1.82, 2.24) is 10.3 Å². The molecule has 8 heteroatoms. The minimum absolute atomic E-state index is 0.00465. The molecule has 1 N–H and O–H groups in total. The van der Waals surface area contributed by atoms with Gasteiger partial charge >= 0.3 is 5.97 Å². The van der Waals surface area contributed by atoms with E-state index in [-0.39, 0.29) is 24.9 Å². The predicted octanol–water partition coefficient (Wildman–Crippen LogP) is 4.18. The average Bonchev–Trinajstić information content (AvgIpc) is 3.14. The van der Waals surface area contributed by atoms with Gasteiger partial charge in [0.25, 0.3) is 5.91 Å². The Hall–Kier alpha value is -2.58.